The maximum Gasteiger partial charge on any atom is 0.165 e. The van der Waals surface area contributed by atoms with Crippen LogP contribution in [0.4, 0.5) is 5.69 Å². The van der Waals surface area contributed by atoms with Crippen molar-refractivity contribution in [2.75, 3.05) is 25.2 Å². The lowest BCUT2D eigenvalue weighted by atomic mass is 10.1. The Kier molecular flexibility index (Phi) is 4.95. The van der Waals surface area contributed by atoms with Crippen molar-refractivity contribution in [1.29, 1.82) is 0 Å². The van der Waals surface area contributed by atoms with Crippen LogP contribution in [0.1, 0.15) is 25.3 Å². The van der Waals surface area contributed by atoms with Crippen molar-refractivity contribution in [3.8, 4) is 0 Å². The molecular weight excluding hydrogens is 339 g/mol. The van der Waals surface area contributed by atoms with Crippen LogP contribution in [0.5, 0.6) is 0 Å². The predicted octanol–water partition coefficient (Wildman–Crippen LogP) is 1.29. The van der Waals surface area contributed by atoms with E-state index in [0.29, 0.717) is 23.3 Å². The zero-order valence-electron chi connectivity index (χ0n) is 15.0. The Morgan fingerprint density at radius 1 is 1.36 bits per heavy atom. The van der Waals surface area contributed by atoms with E-state index in [1.807, 2.05) is 13.0 Å². The van der Waals surface area contributed by atoms with E-state index in [1.165, 1.54) is 0 Å². The number of fused-ring (bicyclic) bond motifs is 1. The summed E-state index contributed by atoms with van der Waals surface area (Å²) in [5.74, 6) is 0. The van der Waals surface area contributed by atoms with E-state index in [0.717, 1.165) is 18.3 Å². The number of aromatic nitrogens is 3. The second-order valence-corrected chi connectivity index (χ2v) is 11.7. The van der Waals surface area contributed by atoms with Crippen molar-refractivity contribution in [1.82, 2.24) is 14.5 Å². The maximum atomic E-state index is 10.5. The van der Waals surface area contributed by atoms with Gasteiger partial charge in [0.05, 0.1) is 18.1 Å². The van der Waals surface area contributed by atoms with Gasteiger partial charge in [-0.25, -0.2) is 9.97 Å². The second kappa shape index (κ2) is 6.72. The van der Waals surface area contributed by atoms with Gasteiger partial charge in [0.2, 0.25) is 0 Å². The van der Waals surface area contributed by atoms with Gasteiger partial charge < -0.3 is 20.7 Å². The van der Waals surface area contributed by atoms with Gasteiger partial charge in [0.1, 0.15) is 17.7 Å². The van der Waals surface area contributed by atoms with Crippen LogP contribution in [0.25, 0.3) is 11.2 Å². The minimum Gasteiger partial charge on any atom is -0.397 e. The molecule has 0 amide bonds. The van der Waals surface area contributed by atoms with Crippen molar-refractivity contribution in [3.63, 3.8) is 0 Å². The molecule has 0 radical (unpaired) electrons. The third-order valence-corrected chi connectivity index (χ3v) is 6.07. The van der Waals surface area contributed by atoms with E-state index in [1.54, 1.807) is 10.9 Å². The number of pyridine rings is 1. The van der Waals surface area contributed by atoms with Gasteiger partial charge >= 0.3 is 0 Å². The summed E-state index contributed by atoms with van der Waals surface area (Å²) in [6, 6.07) is 1.81. The Morgan fingerprint density at radius 2 is 2.08 bits per heavy atom. The monoisotopic (exact) mass is 366 g/mol. The van der Waals surface area contributed by atoms with Crippen LogP contribution in [0.15, 0.2) is 12.4 Å². The standard InChI is InChI=1S/C17H27N4O3P/c1-5-10-8-11(18)13-16(20-10)21(9-19-13)17-15(23)14(22)12(24-17)6-7-25(2,3)4/h8-9,12,14-15,17,22-23H,2,5-7H2,1,3-4H3,(H2,18,20)/t12-,14-,15-,17?/m1/s1. The molecule has 138 valence electrons. The highest BCUT2D eigenvalue weighted by molar-refractivity contribution is 7.72. The first-order valence-electron chi connectivity index (χ1n) is 8.52. The number of hydrogen-bond donors (Lipinski definition) is 3. The van der Waals surface area contributed by atoms with E-state index in [2.05, 4.69) is 29.6 Å². The Morgan fingerprint density at radius 3 is 2.72 bits per heavy atom. The lowest BCUT2D eigenvalue weighted by molar-refractivity contribution is -0.0353. The Hall–Kier alpha value is -1.40. The number of rotatable bonds is 5. The molecule has 0 aromatic carbocycles. The van der Waals surface area contributed by atoms with Crippen molar-refractivity contribution >= 4 is 30.0 Å². The summed E-state index contributed by atoms with van der Waals surface area (Å²) in [5, 5.41) is 20.9. The molecule has 3 rings (SSSR count). The quantitative estimate of drug-likeness (QED) is 0.689. The van der Waals surface area contributed by atoms with Gasteiger partial charge in [-0.3, -0.25) is 4.57 Å². The molecule has 0 bridgehead atoms. The van der Waals surface area contributed by atoms with E-state index in [-0.39, 0.29) is 0 Å². The van der Waals surface area contributed by atoms with Crippen LogP contribution in [0, 0.1) is 0 Å². The first-order valence-corrected chi connectivity index (χ1v) is 11.6. The zero-order chi connectivity index (χ0) is 18.4. The smallest absolute Gasteiger partial charge is 0.165 e. The minimum atomic E-state index is -1.22. The number of aryl methyl sites for hydroxylation is 1. The molecule has 8 heteroatoms. The highest BCUT2D eigenvalue weighted by Crippen LogP contribution is 2.40. The molecule has 1 fully saturated rings. The van der Waals surface area contributed by atoms with Gasteiger partial charge in [-0.2, -0.15) is 0 Å². The molecule has 25 heavy (non-hydrogen) atoms. The molecule has 0 saturated carbocycles. The fraction of sp³-hybridized carbons (Fsp3) is 0.588. The molecule has 0 aliphatic carbocycles. The lowest BCUT2D eigenvalue weighted by Gasteiger charge is -2.18. The van der Waals surface area contributed by atoms with Gasteiger partial charge in [0.25, 0.3) is 0 Å². The number of imidazole rings is 1. The molecule has 1 unspecified atom stereocenters. The Bertz CT molecular complexity index is 816. The number of hydrogen-bond acceptors (Lipinski definition) is 6. The summed E-state index contributed by atoms with van der Waals surface area (Å²) in [7, 11) is 0. The number of aliphatic hydroxyl groups excluding tert-OH is 2. The SMILES string of the molecule is C=P(C)(C)CC[C@H]1OC(n2cnc3c(N)cc(CC)nc32)[C@H](O)[C@@H]1O. The molecular formula is C17H27N4O3P. The summed E-state index contributed by atoms with van der Waals surface area (Å²) in [4.78, 5) is 8.88. The molecule has 7 nitrogen and oxygen atoms in total. The number of nitrogen functional groups attached to an aromatic ring is 1. The Labute approximate surface area is 147 Å². The van der Waals surface area contributed by atoms with Crippen molar-refractivity contribution in [3.05, 3.63) is 18.1 Å². The van der Waals surface area contributed by atoms with Gasteiger partial charge in [0.15, 0.2) is 11.9 Å². The van der Waals surface area contributed by atoms with Crippen LogP contribution >= 0.6 is 6.89 Å². The molecule has 1 saturated heterocycles. The molecule has 0 spiro atoms. The van der Waals surface area contributed by atoms with Crippen LogP contribution in [0.2, 0.25) is 0 Å². The first-order chi connectivity index (χ1) is 11.7. The largest absolute Gasteiger partial charge is 0.397 e. The number of nitrogens with two attached hydrogens (primary N) is 1. The molecule has 2 aromatic rings. The van der Waals surface area contributed by atoms with Crippen LogP contribution in [-0.4, -0.2) is 68.9 Å². The highest BCUT2D eigenvalue weighted by Gasteiger charge is 2.44. The molecule has 4 atom stereocenters. The predicted molar refractivity (Wildman–Crippen MR) is 103 cm³/mol. The number of anilines is 1. The summed E-state index contributed by atoms with van der Waals surface area (Å²) in [6.45, 7) is 5.06. The van der Waals surface area contributed by atoms with Crippen molar-refractivity contribution in [2.45, 2.75) is 44.3 Å². The van der Waals surface area contributed by atoms with E-state index >= 15 is 0 Å². The molecule has 4 N–H and O–H groups in total. The van der Waals surface area contributed by atoms with Crippen molar-refractivity contribution in [2.24, 2.45) is 0 Å². The minimum absolute atomic E-state index is 0.426. The fourth-order valence-electron chi connectivity index (χ4n) is 3.13. The normalized spacial score (nSPS) is 27.2. The van der Waals surface area contributed by atoms with E-state index < -0.39 is 31.4 Å². The maximum absolute atomic E-state index is 10.5. The molecule has 1 aliphatic rings. The molecule has 1 aliphatic heterocycles. The van der Waals surface area contributed by atoms with Crippen molar-refractivity contribution < 1.29 is 14.9 Å². The summed E-state index contributed by atoms with van der Waals surface area (Å²) >= 11 is 0. The topological polar surface area (TPSA) is 106 Å². The number of aliphatic hydroxyl groups is 2. The van der Waals surface area contributed by atoms with E-state index in [4.69, 9.17) is 10.5 Å². The van der Waals surface area contributed by atoms with Gasteiger partial charge in [0, 0.05) is 5.69 Å². The summed E-state index contributed by atoms with van der Waals surface area (Å²) < 4.78 is 7.65. The van der Waals surface area contributed by atoms with Crippen LogP contribution < -0.4 is 5.73 Å². The molecule has 2 aromatic heterocycles. The highest BCUT2D eigenvalue weighted by atomic mass is 31.2. The number of ether oxygens (including phenoxy) is 1. The fourth-order valence-corrected chi connectivity index (χ4v) is 4.08. The van der Waals surface area contributed by atoms with Gasteiger partial charge in [-0.05, 0) is 38.4 Å². The number of nitrogens with zero attached hydrogens (tertiary/aromatic N) is 3. The first kappa shape index (κ1) is 18.4. The summed E-state index contributed by atoms with van der Waals surface area (Å²) in [6.07, 6.45) is 4.92. The van der Waals surface area contributed by atoms with Crippen LogP contribution in [-0.2, 0) is 11.2 Å². The zero-order valence-corrected chi connectivity index (χ0v) is 15.9. The summed E-state index contributed by atoms with van der Waals surface area (Å²) in [5.41, 5.74) is 8.60. The molecule has 3 heterocycles. The third-order valence-electron chi connectivity index (χ3n) is 4.61. The van der Waals surface area contributed by atoms with Crippen LogP contribution in [0.3, 0.4) is 0 Å². The average molecular weight is 366 g/mol. The third kappa shape index (κ3) is 3.60. The average Bonchev–Trinajstić information content (AvgIpc) is 3.08. The van der Waals surface area contributed by atoms with Gasteiger partial charge in [-0.15, -0.1) is 13.2 Å². The second-order valence-electron chi connectivity index (χ2n) is 7.37. The lowest BCUT2D eigenvalue weighted by Crippen LogP contribution is -2.31. The van der Waals surface area contributed by atoms with Gasteiger partial charge in [-0.1, -0.05) is 6.92 Å². The van der Waals surface area contributed by atoms with E-state index in [9.17, 15) is 10.2 Å². The Balaban J connectivity index is 1.90.